The zero-order valence-corrected chi connectivity index (χ0v) is 33.3. The normalized spacial score (nSPS) is 14.3. The Morgan fingerprint density at radius 2 is 0.705 bits per heavy atom. The summed E-state index contributed by atoms with van der Waals surface area (Å²) in [6.07, 6.45) is 0. The van der Waals surface area contributed by atoms with E-state index in [1.54, 1.807) is 0 Å². The average Bonchev–Trinajstić information content (AvgIpc) is 3.80. The van der Waals surface area contributed by atoms with E-state index in [1.807, 2.05) is 0 Å². The van der Waals surface area contributed by atoms with Crippen LogP contribution in [0.4, 0.5) is 0 Å². The summed E-state index contributed by atoms with van der Waals surface area (Å²) in [6.45, 7) is 0. The van der Waals surface area contributed by atoms with Crippen LogP contribution in [0.3, 0.4) is 0 Å². The fourth-order valence-electron chi connectivity index (χ4n) is 11.5. The quantitative estimate of drug-likeness (QED) is 0.173. The maximum absolute atomic E-state index is 6.91. The van der Waals surface area contributed by atoms with Crippen molar-refractivity contribution in [2.24, 2.45) is 0 Å². The molecule has 10 aromatic rings. The molecular formula is C60H38O. The smallest absolute Gasteiger partial charge is 0.132 e. The number of para-hydroxylation sites is 1. The molecule has 0 atom stereocenters. The van der Waals surface area contributed by atoms with Crippen LogP contribution in [-0.2, 0) is 10.8 Å². The lowest BCUT2D eigenvalue weighted by atomic mass is 9.62. The average molecular weight is 775 g/mol. The van der Waals surface area contributed by atoms with Crippen LogP contribution in [0, 0.1) is 0 Å². The highest BCUT2D eigenvalue weighted by Crippen LogP contribution is 2.63. The van der Waals surface area contributed by atoms with E-state index in [2.05, 4.69) is 231 Å². The number of hydrogen-bond donors (Lipinski definition) is 0. The molecule has 0 N–H and O–H groups in total. The number of hydrogen-bond acceptors (Lipinski definition) is 1. The first kappa shape index (κ1) is 34.2. The maximum Gasteiger partial charge on any atom is 0.132 e. The fraction of sp³-hybridized carbons (Fsp3) is 0.0333. The van der Waals surface area contributed by atoms with E-state index in [0.29, 0.717) is 0 Å². The Morgan fingerprint density at radius 1 is 0.262 bits per heavy atom. The molecule has 0 radical (unpaired) electrons. The van der Waals surface area contributed by atoms with Gasteiger partial charge in [-0.15, -0.1) is 0 Å². The van der Waals surface area contributed by atoms with Gasteiger partial charge >= 0.3 is 0 Å². The van der Waals surface area contributed by atoms with Crippen LogP contribution < -0.4 is 4.74 Å². The van der Waals surface area contributed by atoms with Crippen LogP contribution in [0.15, 0.2) is 231 Å². The van der Waals surface area contributed by atoms with Gasteiger partial charge in [0.05, 0.1) is 10.8 Å². The van der Waals surface area contributed by atoms with Crippen molar-refractivity contribution in [3.63, 3.8) is 0 Å². The molecule has 13 rings (SSSR count). The van der Waals surface area contributed by atoms with E-state index in [4.69, 9.17) is 4.74 Å². The van der Waals surface area contributed by atoms with E-state index in [1.165, 1.54) is 83.1 Å². The minimum atomic E-state index is -0.639. The number of rotatable bonds is 4. The summed E-state index contributed by atoms with van der Waals surface area (Å²) in [7, 11) is 0. The third kappa shape index (κ3) is 4.50. The van der Waals surface area contributed by atoms with Gasteiger partial charge in [0.25, 0.3) is 0 Å². The van der Waals surface area contributed by atoms with Crippen molar-refractivity contribution in [2.45, 2.75) is 10.8 Å². The molecule has 1 heterocycles. The third-order valence-corrected chi connectivity index (χ3v) is 13.8. The van der Waals surface area contributed by atoms with Crippen molar-refractivity contribution in [1.82, 2.24) is 0 Å². The number of ether oxygens (including phenoxy) is 1. The standard InChI is InChI=1S/C60H38O/c1-3-18-40(19-4-1)59(41-20-5-2-6-21-41)54-31-15-16-32-56(54)61-57-33-17-27-50(58(57)59)45-37-36-42(43-22-7-8-23-44(43)45)39-34-35-49-48-26-11-14-30-53(48)60(55(49)38-39)51-28-12-9-24-46(51)47-25-10-13-29-52(47)60/h1-38H. The fourth-order valence-corrected chi connectivity index (χ4v) is 11.5. The molecule has 1 aliphatic heterocycles. The molecule has 0 saturated heterocycles. The molecule has 2 aliphatic carbocycles. The van der Waals surface area contributed by atoms with Crippen LogP contribution in [0.5, 0.6) is 11.5 Å². The monoisotopic (exact) mass is 774 g/mol. The van der Waals surface area contributed by atoms with Gasteiger partial charge in [-0.25, -0.2) is 0 Å². The summed E-state index contributed by atoms with van der Waals surface area (Å²) in [5, 5.41) is 2.42. The first-order valence-electron chi connectivity index (χ1n) is 21.3. The molecule has 0 unspecified atom stereocenters. The Labute approximate surface area is 355 Å². The summed E-state index contributed by atoms with van der Waals surface area (Å²) >= 11 is 0. The molecule has 61 heavy (non-hydrogen) atoms. The van der Waals surface area contributed by atoms with E-state index in [-0.39, 0.29) is 0 Å². The minimum absolute atomic E-state index is 0.400. The summed E-state index contributed by atoms with van der Waals surface area (Å²) in [5.41, 5.74) is 19.1. The number of fused-ring (bicyclic) bond motifs is 13. The van der Waals surface area contributed by atoms with Crippen LogP contribution in [0.25, 0.3) is 55.3 Å². The molecule has 3 aliphatic rings. The molecule has 1 nitrogen and oxygen atoms in total. The van der Waals surface area contributed by atoms with Gasteiger partial charge in [0.1, 0.15) is 11.5 Å². The second kappa shape index (κ2) is 12.9. The summed E-state index contributed by atoms with van der Waals surface area (Å²) in [6, 6.07) is 85.1. The summed E-state index contributed by atoms with van der Waals surface area (Å²) in [4.78, 5) is 0. The first-order chi connectivity index (χ1) is 30.3. The van der Waals surface area contributed by atoms with Crippen molar-refractivity contribution in [1.29, 1.82) is 0 Å². The predicted molar refractivity (Wildman–Crippen MR) is 250 cm³/mol. The third-order valence-electron chi connectivity index (χ3n) is 13.8. The highest BCUT2D eigenvalue weighted by Gasteiger charge is 2.52. The Hall–Kier alpha value is -7.74. The molecular weight excluding hydrogens is 737 g/mol. The summed E-state index contributed by atoms with van der Waals surface area (Å²) < 4.78 is 6.91. The Morgan fingerprint density at radius 3 is 1.33 bits per heavy atom. The van der Waals surface area contributed by atoms with Crippen molar-refractivity contribution in [3.05, 3.63) is 275 Å². The molecule has 0 amide bonds. The molecule has 1 heteroatoms. The van der Waals surface area contributed by atoms with Gasteiger partial charge in [0, 0.05) is 11.1 Å². The lowest BCUT2D eigenvalue weighted by molar-refractivity contribution is 0.435. The predicted octanol–water partition coefficient (Wildman–Crippen LogP) is 15.0. The van der Waals surface area contributed by atoms with Crippen molar-refractivity contribution < 1.29 is 4.74 Å². The SMILES string of the molecule is c1ccc(C2(c3ccccc3)c3ccccc3Oc3cccc(-c4ccc(-c5ccc6c(c5)C5(c7ccccc7-c7ccccc75)c5ccccc5-6)c5ccccc45)c32)cc1. The molecule has 10 aromatic carbocycles. The second-order valence-electron chi connectivity index (χ2n) is 16.6. The Bertz CT molecular complexity index is 3290. The minimum Gasteiger partial charge on any atom is -0.457 e. The van der Waals surface area contributed by atoms with E-state index in [9.17, 15) is 0 Å². The lowest BCUT2D eigenvalue weighted by Gasteiger charge is -2.42. The van der Waals surface area contributed by atoms with E-state index in [0.717, 1.165) is 28.2 Å². The molecule has 0 aromatic heterocycles. The lowest BCUT2D eigenvalue weighted by Crippen LogP contribution is -2.34. The summed E-state index contributed by atoms with van der Waals surface area (Å²) in [5.74, 6) is 1.75. The van der Waals surface area contributed by atoms with Gasteiger partial charge in [-0.3, -0.25) is 0 Å². The van der Waals surface area contributed by atoms with Gasteiger partial charge in [-0.2, -0.15) is 0 Å². The van der Waals surface area contributed by atoms with Gasteiger partial charge in [-0.05, 0) is 107 Å². The van der Waals surface area contributed by atoms with Gasteiger partial charge in [0.2, 0.25) is 0 Å². The number of benzene rings is 10. The zero-order chi connectivity index (χ0) is 40.1. The van der Waals surface area contributed by atoms with E-state index < -0.39 is 10.8 Å². The highest BCUT2D eigenvalue weighted by atomic mass is 16.5. The Balaban J connectivity index is 1.06. The second-order valence-corrected chi connectivity index (χ2v) is 16.6. The van der Waals surface area contributed by atoms with Crippen molar-refractivity contribution >= 4 is 10.8 Å². The van der Waals surface area contributed by atoms with Gasteiger partial charge < -0.3 is 4.74 Å². The first-order valence-corrected chi connectivity index (χ1v) is 21.3. The van der Waals surface area contributed by atoms with E-state index >= 15 is 0 Å². The largest absolute Gasteiger partial charge is 0.457 e. The van der Waals surface area contributed by atoms with Crippen molar-refractivity contribution in [3.8, 4) is 56.0 Å². The molecule has 284 valence electrons. The van der Waals surface area contributed by atoms with Crippen molar-refractivity contribution in [2.75, 3.05) is 0 Å². The molecule has 0 saturated carbocycles. The topological polar surface area (TPSA) is 9.23 Å². The van der Waals surface area contributed by atoms with Crippen LogP contribution in [-0.4, -0.2) is 0 Å². The highest BCUT2D eigenvalue weighted by molar-refractivity contribution is 6.07. The zero-order valence-electron chi connectivity index (χ0n) is 33.3. The molecule has 0 fully saturated rings. The maximum atomic E-state index is 6.91. The van der Waals surface area contributed by atoms with Gasteiger partial charge in [0.15, 0.2) is 0 Å². The molecule has 1 spiro atoms. The van der Waals surface area contributed by atoms with Crippen LogP contribution >= 0.6 is 0 Å². The molecule has 0 bridgehead atoms. The van der Waals surface area contributed by atoms with Gasteiger partial charge in [-0.1, -0.05) is 212 Å². The Kier molecular flexibility index (Phi) is 7.21. The van der Waals surface area contributed by atoms with Crippen LogP contribution in [0.1, 0.15) is 44.5 Å². The van der Waals surface area contributed by atoms with Crippen LogP contribution in [0.2, 0.25) is 0 Å².